The van der Waals surface area contributed by atoms with E-state index in [-0.39, 0.29) is 6.71 Å². The molecule has 0 bridgehead atoms. The van der Waals surface area contributed by atoms with Crippen molar-refractivity contribution >= 4 is 85.5 Å². The predicted octanol–water partition coefficient (Wildman–Crippen LogP) is 9.39. The summed E-state index contributed by atoms with van der Waals surface area (Å²) in [5, 5.41) is 8.06. The third-order valence-electron chi connectivity index (χ3n) is 13.3. The first kappa shape index (κ1) is 29.4. The highest BCUT2D eigenvalue weighted by molar-refractivity contribution is 7.00. The SMILES string of the molecule is C[Si](C)(C)c1cc2c3c(c1)C1(c4ccccc4B3c3c4ccccc4n4c5c6ccccc6c6ccccc6c5n-2c34)c2ccccc2-c2ccccc21. The van der Waals surface area contributed by atoms with Gasteiger partial charge in [-0.05, 0) is 72.6 Å². The van der Waals surface area contributed by atoms with Crippen molar-refractivity contribution in [2.45, 2.75) is 25.1 Å². The van der Waals surface area contributed by atoms with Gasteiger partial charge in [0.15, 0.2) is 0 Å². The molecule has 2 aromatic heterocycles. The molecule has 4 heterocycles. The van der Waals surface area contributed by atoms with Gasteiger partial charge in [0.2, 0.25) is 6.71 Å². The number of imidazole rings is 1. The van der Waals surface area contributed by atoms with E-state index in [1.54, 1.807) is 0 Å². The molecule has 54 heavy (non-hydrogen) atoms. The molecule has 0 N–H and O–H groups in total. The summed E-state index contributed by atoms with van der Waals surface area (Å²) < 4.78 is 5.35. The van der Waals surface area contributed by atoms with E-state index in [2.05, 4.69) is 186 Å². The smallest absolute Gasteiger partial charge is 0.250 e. The number of rotatable bonds is 1. The van der Waals surface area contributed by atoms with Crippen molar-refractivity contribution in [1.29, 1.82) is 0 Å². The first-order chi connectivity index (χ1) is 26.5. The Kier molecular flexibility index (Phi) is 5.28. The van der Waals surface area contributed by atoms with Gasteiger partial charge >= 0.3 is 0 Å². The number of hydrogen-bond donors (Lipinski definition) is 0. The Morgan fingerprint density at radius 1 is 0.481 bits per heavy atom. The van der Waals surface area contributed by atoms with E-state index in [1.807, 2.05) is 0 Å². The summed E-state index contributed by atoms with van der Waals surface area (Å²) in [6.07, 6.45) is 0. The van der Waals surface area contributed by atoms with Gasteiger partial charge in [0.25, 0.3) is 0 Å². The summed E-state index contributed by atoms with van der Waals surface area (Å²) in [6, 6.07) is 60.6. The fraction of sp³-hybridized carbons (Fsp3) is 0.0800. The largest absolute Gasteiger partial charge is 0.294 e. The molecule has 8 aromatic carbocycles. The van der Waals surface area contributed by atoms with Crippen LogP contribution in [0.4, 0.5) is 0 Å². The molecule has 4 heteroatoms. The van der Waals surface area contributed by atoms with Crippen LogP contribution in [-0.2, 0) is 5.41 Å². The minimum Gasteiger partial charge on any atom is -0.294 e. The summed E-state index contributed by atoms with van der Waals surface area (Å²) in [6.45, 7) is 7.64. The van der Waals surface area contributed by atoms with Crippen molar-refractivity contribution in [3.05, 3.63) is 180 Å². The van der Waals surface area contributed by atoms with E-state index < -0.39 is 13.5 Å². The van der Waals surface area contributed by atoms with Crippen LogP contribution in [0.25, 0.3) is 65.9 Å². The van der Waals surface area contributed by atoms with Gasteiger partial charge in [0.05, 0.1) is 30.0 Å². The monoisotopic (exact) mass is 702 g/mol. The maximum Gasteiger partial charge on any atom is 0.250 e. The van der Waals surface area contributed by atoms with Gasteiger partial charge in [-0.2, -0.15) is 0 Å². The molecule has 0 amide bonds. The van der Waals surface area contributed by atoms with E-state index in [4.69, 9.17) is 0 Å². The molecule has 0 saturated carbocycles. The van der Waals surface area contributed by atoms with Crippen LogP contribution in [0, 0.1) is 0 Å². The topological polar surface area (TPSA) is 9.34 Å². The zero-order chi connectivity index (χ0) is 35.7. The van der Waals surface area contributed by atoms with Gasteiger partial charge in [-0.3, -0.25) is 8.97 Å². The Morgan fingerprint density at radius 3 is 1.69 bits per heavy atom. The van der Waals surface area contributed by atoms with Gasteiger partial charge in [0.1, 0.15) is 5.65 Å². The Bertz CT molecular complexity index is 3290. The first-order valence-corrected chi connectivity index (χ1v) is 22.8. The minimum absolute atomic E-state index is 0.0803. The molecule has 2 nitrogen and oxygen atoms in total. The van der Waals surface area contributed by atoms with Crippen molar-refractivity contribution in [3.63, 3.8) is 0 Å². The summed E-state index contributed by atoms with van der Waals surface area (Å²) in [5.74, 6) is 0. The Labute approximate surface area is 315 Å². The highest BCUT2D eigenvalue weighted by atomic mass is 28.3. The molecule has 10 aromatic rings. The van der Waals surface area contributed by atoms with E-state index in [0.717, 1.165) is 0 Å². The fourth-order valence-corrected chi connectivity index (χ4v) is 12.4. The van der Waals surface area contributed by atoms with Crippen molar-refractivity contribution in [2.24, 2.45) is 0 Å². The maximum atomic E-state index is 2.72. The van der Waals surface area contributed by atoms with Crippen molar-refractivity contribution < 1.29 is 0 Å². The standard InChI is InChI=1S/C50H35BN2Si/c1-54(2,3)30-28-41-46-44(29-30)53-48-36-21-7-5-17-32(36)31-16-4-6-20-35(31)47(48)52-43-27-15-10-22-37(43)45(49(52)53)51(46)42-26-14-13-25-40(42)50(41)38-23-11-8-18-33(38)34-19-9-12-24-39(34)50/h4-29H,1-3H3. The second-order valence-electron chi connectivity index (χ2n) is 16.8. The number of aromatic nitrogens is 2. The zero-order valence-electron chi connectivity index (χ0n) is 30.5. The van der Waals surface area contributed by atoms with Crippen molar-refractivity contribution in [1.82, 2.24) is 8.97 Å². The average molecular weight is 703 g/mol. The Balaban J connectivity index is 1.35. The van der Waals surface area contributed by atoms with Crippen LogP contribution in [0.1, 0.15) is 22.3 Å². The Morgan fingerprint density at radius 2 is 1.02 bits per heavy atom. The lowest BCUT2D eigenvalue weighted by Crippen LogP contribution is -2.65. The Hall–Kier alpha value is -6.10. The molecule has 1 aliphatic carbocycles. The quantitative estimate of drug-likeness (QED) is 0.119. The van der Waals surface area contributed by atoms with E-state index in [0.29, 0.717) is 0 Å². The van der Waals surface area contributed by atoms with Gasteiger partial charge < -0.3 is 0 Å². The van der Waals surface area contributed by atoms with Crippen LogP contribution in [0.2, 0.25) is 19.6 Å². The summed E-state index contributed by atoms with van der Waals surface area (Å²) in [7, 11) is -1.85. The average Bonchev–Trinajstić information content (AvgIpc) is 3.84. The van der Waals surface area contributed by atoms with Gasteiger partial charge in [0, 0.05) is 16.5 Å². The van der Waals surface area contributed by atoms with Crippen LogP contribution < -0.4 is 21.6 Å². The van der Waals surface area contributed by atoms with Crippen LogP contribution in [0.15, 0.2) is 158 Å². The lowest BCUT2D eigenvalue weighted by atomic mass is 9.30. The van der Waals surface area contributed by atoms with Crippen LogP contribution in [-0.4, -0.2) is 23.8 Å². The third-order valence-corrected chi connectivity index (χ3v) is 15.3. The molecule has 13 rings (SSSR count). The minimum atomic E-state index is -1.85. The molecule has 0 unspecified atom stereocenters. The van der Waals surface area contributed by atoms with Crippen molar-refractivity contribution in [2.75, 3.05) is 0 Å². The molecule has 0 radical (unpaired) electrons. The van der Waals surface area contributed by atoms with Crippen molar-refractivity contribution in [3.8, 4) is 16.8 Å². The second-order valence-corrected chi connectivity index (χ2v) is 21.9. The number of para-hydroxylation sites is 1. The highest BCUT2D eigenvalue weighted by Crippen LogP contribution is 2.57. The molecule has 3 aliphatic rings. The molecule has 0 saturated heterocycles. The third kappa shape index (κ3) is 3.21. The molecule has 0 atom stereocenters. The van der Waals surface area contributed by atoms with Gasteiger partial charge in [-0.1, -0.05) is 176 Å². The second kappa shape index (κ2) is 9.71. The zero-order valence-corrected chi connectivity index (χ0v) is 31.5. The van der Waals surface area contributed by atoms with Crippen LogP contribution in [0.3, 0.4) is 0 Å². The number of fused-ring (bicyclic) bond motifs is 22. The number of hydrogen-bond acceptors (Lipinski definition) is 0. The molecular weight excluding hydrogens is 667 g/mol. The molecule has 1 spiro atoms. The lowest BCUT2D eigenvalue weighted by molar-refractivity contribution is 0.774. The molecular formula is C50H35BN2Si. The normalized spacial score (nSPS) is 14.7. The predicted molar refractivity (Wildman–Crippen MR) is 232 cm³/mol. The summed E-state index contributed by atoms with van der Waals surface area (Å²) in [4.78, 5) is 0. The number of benzene rings is 8. The van der Waals surface area contributed by atoms with Gasteiger partial charge in [-0.15, -0.1) is 0 Å². The lowest BCUT2D eigenvalue weighted by Gasteiger charge is -2.45. The number of nitrogens with zero attached hydrogens (tertiary/aromatic N) is 2. The maximum absolute atomic E-state index is 2.72. The van der Waals surface area contributed by atoms with Crippen LogP contribution >= 0.6 is 0 Å². The molecule has 2 aliphatic heterocycles. The summed E-state index contributed by atoms with van der Waals surface area (Å²) in [5.41, 5.74) is 18.8. The van der Waals surface area contributed by atoms with E-state index >= 15 is 0 Å². The fourth-order valence-electron chi connectivity index (χ4n) is 11.3. The van der Waals surface area contributed by atoms with Crippen LogP contribution in [0.5, 0.6) is 0 Å². The summed E-state index contributed by atoms with van der Waals surface area (Å²) >= 11 is 0. The van der Waals surface area contributed by atoms with E-state index in [9.17, 15) is 0 Å². The molecule has 0 fully saturated rings. The highest BCUT2D eigenvalue weighted by Gasteiger charge is 2.55. The molecule has 252 valence electrons. The van der Waals surface area contributed by atoms with E-state index in [1.165, 1.54) is 110 Å². The first-order valence-electron chi connectivity index (χ1n) is 19.3. The van der Waals surface area contributed by atoms with Gasteiger partial charge in [-0.25, -0.2) is 0 Å².